The number of nitrogens with two attached hydrogens (primary N) is 1. The van der Waals surface area contributed by atoms with Gasteiger partial charge in [0.15, 0.2) is 0 Å². The van der Waals surface area contributed by atoms with E-state index in [9.17, 15) is 0 Å². The molecule has 1 saturated heterocycles. The maximum absolute atomic E-state index is 5.77. The van der Waals surface area contributed by atoms with Crippen LogP contribution >= 0.6 is 0 Å². The molecule has 18 heavy (non-hydrogen) atoms. The average Bonchev–Trinajstić information content (AvgIpc) is 2.41. The van der Waals surface area contributed by atoms with E-state index in [0.717, 1.165) is 23.8 Å². The van der Waals surface area contributed by atoms with Gasteiger partial charge in [0.25, 0.3) is 0 Å². The van der Waals surface area contributed by atoms with Crippen LogP contribution in [0.4, 0.5) is 11.6 Å². The minimum atomic E-state index is 0.563. The fourth-order valence-corrected chi connectivity index (χ4v) is 2.39. The standard InChI is InChI=1S/C13H23N5/c1-3-18-6-4-11(5-7-18)8-15-13-10(2)12(14)16-9-17-13/h9,11H,3-8H2,1-2H3,(H3,14,15,16,17). The molecule has 0 bridgehead atoms. The van der Waals surface area contributed by atoms with Crippen LogP contribution in [0.5, 0.6) is 0 Å². The van der Waals surface area contributed by atoms with Crippen molar-refractivity contribution in [3.05, 3.63) is 11.9 Å². The van der Waals surface area contributed by atoms with Crippen LogP contribution in [0.15, 0.2) is 6.33 Å². The second-order valence-corrected chi connectivity index (χ2v) is 4.99. The Morgan fingerprint density at radius 3 is 2.78 bits per heavy atom. The van der Waals surface area contributed by atoms with Gasteiger partial charge in [0, 0.05) is 12.1 Å². The summed E-state index contributed by atoms with van der Waals surface area (Å²) in [6, 6.07) is 0. The number of likely N-dealkylation sites (tertiary alicyclic amines) is 1. The van der Waals surface area contributed by atoms with Gasteiger partial charge in [-0.05, 0) is 45.3 Å². The number of anilines is 2. The maximum Gasteiger partial charge on any atom is 0.134 e. The summed E-state index contributed by atoms with van der Waals surface area (Å²) in [5.74, 6) is 2.18. The van der Waals surface area contributed by atoms with E-state index in [1.807, 2.05) is 6.92 Å². The minimum Gasteiger partial charge on any atom is -0.383 e. The number of aromatic nitrogens is 2. The number of rotatable bonds is 4. The molecule has 2 heterocycles. The van der Waals surface area contributed by atoms with Crippen molar-refractivity contribution in [3.63, 3.8) is 0 Å². The van der Waals surface area contributed by atoms with Gasteiger partial charge < -0.3 is 16.0 Å². The molecule has 1 aliphatic heterocycles. The van der Waals surface area contributed by atoms with Crippen LogP contribution in [-0.2, 0) is 0 Å². The summed E-state index contributed by atoms with van der Waals surface area (Å²) >= 11 is 0. The van der Waals surface area contributed by atoms with Gasteiger partial charge in [-0.25, -0.2) is 9.97 Å². The molecule has 0 atom stereocenters. The van der Waals surface area contributed by atoms with Gasteiger partial charge in [-0.1, -0.05) is 6.92 Å². The molecule has 5 nitrogen and oxygen atoms in total. The number of nitrogen functional groups attached to an aromatic ring is 1. The predicted molar refractivity (Wildman–Crippen MR) is 74.5 cm³/mol. The Kier molecular flexibility index (Phi) is 4.36. The van der Waals surface area contributed by atoms with Crippen molar-refractivity contribution in [3.8, 4) is 0 Å². The molecule has 0 unspecified atom stereocenters. The first kappa shape index (κ1) is 13.1. The molecule has 0 aromatic carbocycles. The zero-order chi connectivity index (χ0) is 13.0. The van der Waals surface area contributed by atoms with Crippen molar-refractivity contribution < 1.29 is 0 Å². The van der Waals surface area contributed by atoms with E-state index < -0.39 is 0 Å². The zero-order valence-electron chi connectivity index (χ0n) is 11.3. The van der Waals surface area contributed by atoms with Gasteiger partial charge in [-0.15, -0.1) is 0 Å². The summed E-state index contributed by atoms with van der Waals surface area (Å²) in [5.41, 5.74) is 6.72. The van der Waals surface area contributed by atoms with E-state index in [2.05, 4.69) is 27.1 Å². The zero-order valence-corrected chi connectivity index (χ0v) is 11.3. The molecule has 100 valence electrons. The number of nitrogens with zero attached hydrogens (tertiary/aromatic N) is 3. The summed E-state index contributed by atoms with van der Waals surface area (Å²) < 4.78 is 0. The Labute approximate surface area is 109 Å². The summed E-state index contributed by atoms with van der Waals surface area (Å²) in [5, 5.41) is 3.41. The molecular weight excluding hydrogens is 226 g/mol. The summed E-state index contributed by atoms with van der Waals surface area (Å²) in [6.07, 6.45) is 4.05. The van der Waals surface area contributed by atoms with E-state index in [1.165, 1.54) is 38.8 Å². The van der Waals surface area contributed by atoms with Crippen molar-refractivity contribution in [1.82, 2.24) is 14.9 Å². The van der Waals surface area contributed by atoms with Crippen LogP contribution < -0.4 is 11.1 Å². The van der Waals surface area contributed by atoms with Crippen LogP contribution in [-0.4, -0.2) is 41.0 Å². The van der Waals surface area contributed by atoms with Gasteiger partial charge in [0.05, 0.1) is 0 Å². The lowest BCUT2D eigenvalue weighted by molar-refractivity contribution is 0.198. The molecule has 1 fully saturated rings. The molecule has 1 aromatic heterocycles. The maximum atomic E-state index is 5.77. The van der Waals surface area contributed by atoms with Crippen molar-refractivity contribution >= 4 is 11.6 Å². The Bertz CT molecular complexity index is 385. The molecule has 0 radical (unpaired) electrons. The Morgan fingerprint density at radius 2 is 2.11 bits per heavy atom. The topological polar surface area (TPSA) is 67.1 Å². The molecule has 5 heteroatoms. The molecular formula is C13H23N5. The lowest BCUT2D eigenvalue weighted by Crippen LogP contribution is -2.35. The van der Waals surface area contributed by atoms with Crippen LogP contribution in [0.2, 0.25) is 0 Å². The minimum absolute atomic E-state index is 0.563. The van der Waals surface area contributed by atoms with E-state index in [1.54, 1.807) is 0 Å². The second-order valence-electron chi connectivity index (χ2n) is 4.99. The molecule has 0 spiro atoms. The van der Waals surface area contributed by atoms with E-state index in [-0.39, 0.29) is 0 Å². The first-order chi connectivity index (χ1) is 8.70. The van der Waals surface area contributed by atoms with E-state index in [4.69, 9.17) is 5.73 Å². The number of piperidine rings is 1. The quantitative estimate of drug-likeness (QED) is 0.846. The molecule has 0 saturated carbocycles. The van der Waals surface area contributed by atoms with Gasteiger partial charge in [-0.2, -0.15) is 0 Å². The fourth-order valence-electron chi connectivity index (χ4n) is 2.39. The average molecular weight is 249 g/mol. The lowest BCUT2D eigenvalue weighted by atomic mass is 9.97. The molecule has 2 rings (SSSR count). The molecule has 0 aliphatic carbocycles. The van der Waals surface area contributed by atoms with E-state index in [0.29, 0.717) is 5.82 Å². The van der Waals surface area contributed by atoms with Gasteiger partial charge in [0.2, 0.25) is 0 Å². The lowest BCUT2D eigenvalue weighted by Gasteiger charge is -2.31. The van der Waals surface area contributed by atoms with Gasteiger partial charge in [-0.3, -0.25) is 0 Å². The number of hydrogen-bond acceptors (Lipinski definition) is 5. The molecule has 3 N–H and O–H groups in total. The predicted octanol–water partition coefficient (Wildman–Crippen LogP) is 1.51. The smallest absolute Gasteiger partial charge is 0.134 e. The summed E-state index contributed by atoms with van der Waals surface area (Å²) in [6.45, 7) is 8.76. The highest BCUT2D eigenvalue weighted by atomic mass is 15.1. The molecule has 0 amide bonds. The second kappa shape index (κ2) is 6.00. The summed E-state index contributed by atoms with van der Waals surface area (Å²) in [4.78, 5) is 10.7. The van der Waals surface area contributed by atoms with Crippen LogP contribution in [0.25, 0.3) is 0 Å². The fraction of sp³-hybridized carbons (Fsp3) is 0.692. The van der Waals surface area contributed by atoms with Gasteiger partial charge >= 0.3 is 0 Å². The third-order valence-electron chi connectivity index (χ3n) is 3.84. The Morgan fingerprint density at radius 1 is 1.39 bits per heavy atom. The Hall–Kier alpha value is -1.36. The van der Waals surface area contributed by atoms with Crippen LogP contribution in [0.3, 0.4) is 0 Å². The van der Waals surface area contributed by atoms with Crippen molar-refractivity contribution in [2.24, 2.45) is 5.92 Å². The largest absolute Gasteiger partial charge is 0.383 e. The normalized spacial score (nSPS) is 17.9. The summed E-state index contributed by atoms with van der Waals surface area (Å²) in [7, 11) is 0. The SMILES string of the molecule is CCN1CCC(CNc2ncnc(N)c2C)CC1. The van der Waals surface area contributed by atoms with Crippen molar-refractivity contribution in [2.45, 2.75) is 26.7 Å². The highest BCUT2D eigenvalue weighted by Gasteiger charge is 2.18. The first-order valence-electron chi connectivity index (χ1n) is 6.74. The monoisotopic (exact) mass is 249 g/mol. The first-order valence-corrected chi connectivity index (χ1v) is 6.74. The van der Waals surface area contributed by atoms with Crippen LogP contribution in [0, 0.1) is 12.8 Å². The van der Waals surface area contributed by atoms with Crippen LogP contribution in [0.1, 0.15) is 25.3 Å². The highest BCUT2D eigenvalue weighted by Crippen LogP contribution is 2.19. The third-order valence-corrected chi connectivity index (χ3v) is 3.84. The van der Waals surface area contributed by atoms with Crippen molar-refractivity contribution in [1.29, 1.82) is 0 Å². The highest BCUT2D eigenvalue weighted by molar-refractivity contribution is 5.53. The number of nitrogens with one attached hydrogen (secondary N) is 1. The van der Waals surface area contributed by atoms with E-state index >= 15 is 0 Å². The number of hydrogen-bond donors (Lipinski definition) is 2. The van der Waals surface area contributed by atoms with Gasteiger partial charge in [0.1, 0.15) is 18.0 Å². The molecule has 1 aromatic rings. The Balaban J connectivity index is 1.83. The third kappa shape index (κ3) is 3.10. The van der Waals surface area contributed by atoms with Crippen molar-refractivity contribution in [2.75, 3.05) is 37.2 Å². The molecule has 1 aliphatic rings.